The van der Waals surface area contributed by atoms with E-state index < -0.39 is 24.0 Å². The monoisotopic (exact) mass is 358 g/mol. The minimum Gasteiger partial charge on any atom is -0.480 e. The number of rotatable bonds is 11. The Morgan fingerprint density at radius 1 is 1.33 bits per heavy atom. The number of amides is 1. The molecule has 1 fully saturated rings. The molecule has 0 radical (unpaired) electrons. The first-order chi connectivity index (χ1) is 11.1. The zero-order valence-corrected chi connectivity index (χ0v) is 14.8. The number of carboxylic acids is 2. The molecule has 24 heavy (non-hydrogen) atoms. The van der Waals surface area contributed by atoms with Crippen molar-refractivity contribution in [2.24, 2.45) is 17.1 Å². The van der Waals surface area contributed by atoms with Crippen LogP contribution in [0.1, 0.15) is 33.1 Å². The van der Waals surface area contributed by atoms with Crippen LogP contribution in [0.4, 0.5) is 0 Å². The molecule has 1 amide bonds. The maximum absolute atomic E-state index is 12.0. The Morgan fingerprint density at radius 2 is 1.96 bits per heavy atom. The largest absolute Gasteiger partial charge is 0.480 e. The summed E-state index contributed by atoms with van der Waals surface area (Å²) < 4.78 is 0. The Morgan fingerprint density at radius 3 is 2.46 bits per heavy atom. The smallest absolute Gasteiger partial charge is 0.330 e. The molecule has 0 spiro atoms. The maximum Gasteiger partial charge on any atom is 0.330 e. The average molecular weight is 358 g/mol. The van der Waals surface area contributed by atoms with Crippen molar-refractivity contribution in [2.75, 3.05) is 11.5 Å². The molecule has 3 atom stereocenters. The number of aliphatic carboxylic acids is 2. The molecular formula is C16H26N2O5S. The summed E-state index contributed by atoms with van der Waals surface area (Å²) in [6.07, 6.45) is 5.44. The van der Waals surface area contributed by atoms with Gasteiger partial charge in [-0.15, -0.1) is 0 Å². The van der Waals surface area contributed by atoms with Crippen LogP contribution in [-0.4, -0.2) is 51.6 Å². The van der Waals surface area contributed by atoms with Crippen molar-refractivity contribution in [2.45, 2.75) is 45.2 Å². The highest BCUT2D eigenvalue weighted by Gasteiger charge is 2.50. The molecule has 0 aromatic heterocycles. The Kier molecular flexibility index (Phi) is 7.75. The molecule has 136 valence electrons. The summed E-state index contributed by atoms with van der Waals surface area (Å²) in [5.74, 6) is -1.32. The lowest BCUT2D eigenvalue weighted by Gasteiger charge is -2.11. The number of hydrogen-bond donors (Lipinski definition) is 4. The van der Waals surface area contributed by atoms with Crippen LogP contribution in [0.3, 0.4) is 0 Å². The van der Waals surface area contributed by atoms with Gasteiger partial charge in [-0.1, -0.05) is 26.0 Å². The quantitative estimate of drug-likeness (QED) is 0.321. The van der Waals surface area contributed by atoms with Crippen LogP contribution in [0.15, 0.2) is 12.2 Å². The molecular weight excluding hydrogens is 332 g/mol. The number of carbonyl (C=O) groups is 3. The van der Waals surface area contributed by atoms with E-state index in [4.69, 9.17) is 15.9 Å². The molecule has 0 heterocycles. The first-order valence-corrected chi connectivity index (χ1v) is 9.06. The molecule has 1 rings (SSSR count). The number of thioether (sulfide) groups is 1. The van der Waals surface area contributed by atoms with Crippen molar-refractivity contribution < 1.29 is 24.6 Å². The number of allylic oxidation sites excluding steroid dienone is 1. The fraction of sp³-hybridized carbons (Fsp3) is 0.688. The Balaban J connectivity index is 2.25. The minimum absolute atomic E-state index is 0.0368. The van der Waals surface area contributed by atoms with E-state index in [0.29, 0.717) is 12.2 Å². The second-order valence-electron chi connectivity index (χ2n) is 6.66. The van der Waals surface area contributed by atoms with Crippen LogP contribution in [0.5, 0.6) is 0 Å². The molecule has 0 aliphatic heterocycles. The molecule has 7 nitrogen and oxygen atoms in total. The van der Waals surface area contributed by atoms with Crippen molar-refractivity contribution >= 4 is 29.6 Å². The molecule has 0 bridgehead atoms. The molecule has 0 aromatic carbocycles. The van der Waals surface area contributed by atoms with Crippen molar-refractivity contribution in [1.82, 2.24) is 5.32 Å². The van der Waals surface area contributed by atoms with Gasteiger partial charge in [-0.25, -0.2) is 4.79 Å². The van der Waals surface area contributed by atoms with Crippen molar-refractivity contribution in [3.05, 3.63) is 12.2 Å². The predicted molar refractivity (Wildman–Crippen MR) is 92.8 cm³/mol. The highest BCUT2D eigenvalue weighted by atomic mass is 32.2. The fourth-order valence-corrected chi connectivity index (χ4v) is 3.11. The summed E-state index contributed by atoms with van der Waals surface area (Å²) in [4.78, 5) is 33.7. The van der Waals surface area contributed by atoms with Gasteiger partial charge in [0.15, 0.2) is 0 Å². The molecule has 8 heteroatoms. The Hall–Kier alpha value is -1.54. The van der Waals surface area contributed by atoms with Gasteiger partial charge in [-0.05, 0) is 30.4 Å². The van der Waals surface area contributed by atoms with E-state index in [1.54, 1.807) is 6.08 Å². The summed E-state index contributed by atoms with van der Waals surface area (Å²) in [6.45, 7) is 3.97. The molecule has 0 unspecified atom stereocenters. The second-order valence-corrected chi connectivity index (χ2v) is 7.81. The fourth-order valence-electron chi connectivity index (χ4n) is 2.18. The van der Waals surface area contributed by atoms with Gasteiger partial charge in [0.25, 0.3) is 0 Å². The molecule has 1 aliphatic carbocycles. The van der Waals surface area contributed by atoms with E-state index in [-0.39, 0.29) is 17.2 Å². The third-order valence-electron chi connectivity index (χ3n) is 4.00. The lowest BCUT2D eigenvalue weighted by atomic mass is 10.1. The first kappa shape index (κ1) is 20.5. The van der Waals surface area contributed by atoms with E-state index in [0.717, 1.165) is 18.6 Å². The van der Waals surface area contributed by atoms with E-state index in [1.807, 2.05) is 13.8 Å². The summed E-state index contributed by atoms with van der Waals surface area (Å²) in [7, 11) is 0. The van der Waals surface area contributed by atoms with Gasteiger partial charge in [-0.2, -0.15) is 11.8 Å². The Labute approximate surface area is 146 Å². The van der Waals surface area contributed by atoms with Crippen molar-refractivity contribution in [3.63, 3.8) is 0 Å². The molecule has 1 aliphatic rings. The number of hydrogen-bond acceptors (Lipinski definition) is 5. The molecule has 0 aromatic rings. The SMILES string of the molecule is CC1(C)C[C@@H]1C(=O)N[C@@H](/C=C/CCCSC[C@H](N)C(=O)O)C(=O)O. The van der Waals surface area contributed by atoms with Gasteiger partial charge in [0.05, 0.1) is 0 Å². The molecule has 0 saturated heterocycles. The Bertz CT molecular complexity index is 507. The number of nitrogens with one attached hydrogen (secondary N) is 1. The van der Waals surface area contributed by atoms with Crippen LogP contribution < -0.4 is 11.1 Å². The lowest BCUT2D eigenvalue weighted by Crippen LogP contribution is -2.40. The first-order valence-electron chi connectivity index (χ1n) is 7.91. The van der Waals surface area contributed by atoms with Crippen LogP contribution >= 0.6 is 11.8 Å². The topological polar surface area (TPSA) is 130 Å². The van der Waals surface area contributed by atoms with Crippen LogP contribution in [0, 0.1) is 11.3 Å². The maximum atomic E-state index is 12.0. The van der Waals surface area contributed by atoms with E-state index in [9.17, 15) is 14.4 Å². The summed E-state index contributed by atoms with van der Waals surface area (Å²) in [6, 6.07) is -1.87. The van der Waals surface area contributed by atoms with Gasteiger partial charge in [0.1, 0.15) is 12.1 Å². The summed E-state index contributed by atoms with van der Waals surface area (Å²) in [5.41, 5.74) is 5.35. The van der Waals surface area contributed by atoms with Gasteiger partial charge < -0.3 is 21.3 Å². The van der Waals surface area contributed by atoms with Crippen LogP contribution in [0.25, 0.3) is 0 Å². The van der Waals surface area contributed by atoms with Crippen LogP contribution in [0.2, 0.25) is 0 Å². The zero-order valence-electron chi connectivity index (χ0n) is 14.0. The standard InChI is InChI=1S/C16H26N2O5S/c1-16(2)8-10(16)13(19)18-12(15(22)23)6-4-3-5-7-24-9-11(17)14(20)21/h4,6,10-12H,3,5,7-9,17H2,1-2H3,(H,18,19)(H,20,21)(H,22,23)/b6-4+/t10-,11+,12+/m1/s1. The van der Waals surface area contributed by atoms with Crippen LogP contribution in [-0.2, 0) is 14.4 Å². The predicted octanol–water partition coefficient (Wildman–Crippen LogP) is 1.08. The number of unbranched alkanes of at least 4 members (excludes halogenated alkanes) is 1. The van der Waals surface area contributed by atoms with Crippen molar-refractivity contribution in [3.8, 4) is 0 Å². The summed E-state index contributed by atoms with van der Waals surface area (Å²) >= 11 is 1.45. The van der Waals surface area contributed by atoms with Gasteiger partial charge >= 0.3 is 11.9 Å². The highest BCUT2D eigenvalue weighted by molar-refractivity contribution is 7.99. The van der Waals surface area contributed by atoms with Gasteiger partial charge in [0.2, 0.25) is 5.91 Å². The number of nitrogens with two attached hydrogens (primary N) is 1. The normalized spacial score (nSPS) is 21.2. The zero-order chi connectivity index (χ0) is 18.3. The third kappa shape index (κ3) is 6.92. The average Bonchev–Trinajstić information content (AvgIpc) is 3.13. The minimum atomic E-state index is -1.08. The number of carboxylic acid groups (broad SMARTS) is 2. The number of carbonyl (C=O) groups excluding carboxylic acids is 1. The molecule has 1 saturated carbocycles. The lowest BCUT2D eigenvalue weighted by molar-refractivity contribution is -0.140. The van der Waals surface area contributed by atoms with Gasteiger partial charge in [-0.3, -0.25) is 9.59 Å². The van der Waals surface area contributed by atoms with E-state index >= 15 is 0 Å². The van der Waals surface area contributed by atoms with E-state index in [2.05, 4.69) is 5.32 Å². The molecule has 5 N–H and O–H groups in total. The second kappa shape index (κ2) is 9.08. The van der Waals surface area contributed by atoms with Crippen molar-refractivity contribution in [1.29, 1.82) is 0 Å². The van der Waals surface area contributed by atoms with E-state index in [1.165, 1.54) is 17.8 Å². The summed E-state index contributed by atoms with van der Waals surface area (Å²) in [5, 5.41) is 20.4. The third-order valence-corrected chi connectivity index (χ3v) is 5.17. The van der Waals surface area contributed by atoms with Gasteiger partial charge in [0, 0.05) is 11.7 Å². The highest BCUT2D eigenvalue weighted by Crippen LogP contribution is 2.51.